The van der Waals surface area contributed by atoms with E-state index in [9.17, 15) is 0 Å². The summed E-state index contributed by atoms with van der Waals surface area (Å²) in [6, 6.07) is 33.7. The molecule has 0 N–H and O–H groups in total. The predicted octanol–water partition coefficient (Wildman–Crippen LogP) is 6.10. The zero-order valence-electron chi connectivity index (χ0n) is 15.3. The Labute approximate surface area is 159 Å². The normalized spacial score (nSPS) is 11.5. The van der Waals surface area contributed by atoms with Crippen LogP contribution in [0.15, 0.2) is 102 Å². The molecule has 0 saturated heterocycles. The van der Waals surface area contributed by atoms with Gasteiger partial charge in [0.1, 0.15) is 7.11 Å². The number of benzene rings is 4. The van der Waals surface area contributed by atoms with Crippen LogP contribution in [-0.4, -0.2) is 12.8 Å². The molecule has 0 amide bonds. The number of hydrogen-bond donors (Lipinski definition) is 0. The summed E-state index contributed by atoms with van der Waals surface area (Å²) in [4.78, 5) is 5.20. The summed E-state index contributed by atoms with van der Waals surface area (Å²) in [7, 11) is 1.60. The number of nitrogens with zero attached hydrogens (tertiary/aromatic N) is 1. The number of hydrogen-bond acceptors (Lipinski definition) is 2. The fraction of sp³-hybridized carbons (Fsp3) is 0.0800. The van der Waals surface area contributed by atoms with Crippen LogP contribution in [0.5, 0.6) is 0 Å². The Bertz CT molecular complexity index is 1080. The van der Waals surface area contributed by atoms with Crippen molar-refractivity contribution in [3.8, 4) is 11.1 Å². The third-order valence-electron chi connectivity index (χ3n) is 4.73. The molecule has 2 heteroatoms. The van der Waals surface area contributed by atoms with E-state index in [1.54, 1.807) is 7.11 Å². The number of oxime groups is 1. The molecule has 0 bridgehead atoms. The van der Waals surface area contributed by atoms with Crippen molar-refractivity contribution in [1.29, 1.82) is 0 Å². The van der Waals surface area contributed by atoms with Crippen LogP contribution < -0.4 is 0 Å². The zero-order chi connectivity index (χ0) is 18.5. The molecule has 0 fully saturated rings. The van der Waals surface area contributed by atoms with Gasteiger partial charge in [-0.25, -0.2) is 0 Å². The van der Waals surface area contributed by atoms with E-state index in [0.717, 1.165) is 17.7 Å². The van der Waals surface area contributed by atoms with Crippen LogP contribution in [0.2, 0.25) is 0 Å². The molecule has 4 rings (SSSR count). The topological polar surface area (TPSA) is 21.6 Å². The van der Waals surface area contributed by atoms with E-state index in [1.807, 2.05) is 6.07 Å². The Morgan fingerprint density at radius 1 is 0.704 bits per heavy atom. The summed E-state index contributed by atoms with van der Waals surface area (Å²) in [5.74, 6) is 0. The minimum Gasteiger partial charge on any atom is -0.399 e. The van der Waals surface area contributed by atoms with Crippen molar-refractivity contribution in [3.63, 3.8) is 0 Å². The molecular weight excluding hydrogens is 330 g/mol. The summed E-state index contributed by atoms with van der Waals surface area (Å²) >= 11 is 0. The molecular formula is C25H21NO. The van der Waals surface area contributed by atoms with Crippen molar-refractivity contribution in [2.45, 2.75) is 6.42 Å². The van der Waals surface area contributed by atoms with E-state index in [-0.39, 0.29) is 0 Å². The molecule has 0 atom stereocenters. The first-order valence-electron chi connectivity index (χ1n) is 9.08. The first-order valence-corrected chi connectivity index (χ1v) is 9.08. The van der Waals surface area contributed by atoms with Gasteiger partial charge in [0.05, 0.1) is 5.71 Å². The lowest BCUT2D eigenvalue weighted by Gasteiger charge is -2.14. The lowest BCUT2D eigenvalue weighted by Crippen LogP contribution is -2.08. The highest BCUT2D eigenvalue weighted by atomic mass is 16.6. The van der Waals surface area contributed by atoms with Gasteiger partial charge in [0.2, 0.25) is 0 Å². The summed E-state index contributed by atoms with van der Waals surface area (Å²) < 4.78 is 0. The first-order chi connectivity index (χ1) is 13.4. The van der Waals surface area contributed by atoms with Gasteiger partial charge in [0.25, 0.3) is 0 Å². The van der Waals surface area contributed by atoms with E-state index >= 15 is 0 Å². The van der Waals surface area contributed by atoms with E-state index in [4.69, 9.17) is 4.84 Å². The monoisotopic (exact) mass is 351 g/mol. The summed E-state index contributed by atoms with van der Waals surface area (Å²) in [5.41, 5.74) is 5.61. The lowest BCUT2D eigenvalue weighted by atomic mass is 9.91. The van der Waals surface area contributed by atoms with Gasteiger partial charge < -0.3 is 4.84 Å². The van der Waals surface area contributed by atoms with E-state index in [2.05, 4.69) is 96.2 Å². The summed E-state index contributed by atoms with van der Waals surface area (Å²) in [6.45, 7) is 0. The van der Waals surface area contributed by atoms with Crippen molar-refractivity contribution in [1.82, 2.24) is 0 Å². The molecule has 0 aliphatic heterocycles. The maximum absolute atomic E-state index is 5.20. The predicted molar refractivity (Wildman–Crippen MR) is 113 cm³/mol. The molecule has 4 aromatic rings. The Balaban J connectivity index is 1.86. The fourth-order valence-corrected chi connectivity index (χ4v) is 3.51. The maximum Gasteiger partial charge on any atom is 0.106 e. The molecule has 0 unspecified atom stereocenters. The van der Waals surface area contributed by atoms with E-state index < -0.39 is 0 Å². The van der Waals surface area contributed by atoms with Gasteiger partial charge in [-0.2, -0.15) is 0 Å². The van der Waals surface area contributed by atoms with Crippen LogP contribution in [0, 0.1) is 0 Å². The first kappa shape index (κ1) is 17.0. The van der Waals surface area contributed by atoms with E-state index in [0.29, 0.717) is 0 Å². The molecule has 27 heavy (non-hydrogen) atoms. The molecule has 0 heterocycles. The van der Waals surface area contributed by atoms with Crippen molar-refractivity contribution in [2.24, 2.45) is 5.16 Å². The van der Waals surface area contributed by atoms with Gasteiger partial charge in [-0.15, -0.1) is 0 Å². The summed E-state index contributed by atoms with van der Waals surface area (Å²) in [6.07, 6.45) is 0.719. The third kappa shape index (κ3) is 3.61. The lowest BCUT2D eigenvalue weighted by molar-refractivity contribution is 0.213. The Morgan fingerprint density at radius 2 is 1.37 bits per heavy atom. The van der Waals surface area contributed by atoms with Gasteiger partial charge in [-0.1, -0.05) is 102 Å². The quantitative estimate of drug-likeness (QED) is 0.314. The molecule has 0 aliphatic carbocycles. The SMILES string of the molecule is CO/N=C(\Cc1ccccc1)c1ccccc1-c1cccc2ccccc12. The van der Waals surface area contributed by atoms with E-state index in [1.165, 1.54) is 27.5 Å². The van der Waals surface area contributed by atoms with Gasteiger partial charge >= 0.3 is 0 Å². The molecule has 0 aromatic heterocycles. The van der Waals surface area contributed by atoms with Crippen LogP contribution in [0.4, 0.5) is 0 Å². The van der Waals surface area contributed by atoms with Gasteiger partial charge in [-0.3, -0.25) is 0 Å². The standard InChI is InChI=1S/C25H21NO/c1-27-26-25(18-19-10-3-2-4-11-19)24-16-8-7-15-23(24)22-17-9-13-20-12-5-6-14-21(20)22/h2-17H,18H2,1H3/b26-25+. The Morgan fingerprint density at radius 3 is 2.22 bits per heavy atom. The highest BCUT2D eigenvalue weighted by molar-refractivity contribution is 6.09. The molecule has 0 saturated carbocycles. The second-order valence-corrected chi connectivity index (χ2v) is 6.46. The molecule has 2 nitrogen and oxygen atoms in total. The van der Waals surface area contributed by atoms with Crippen molar-refractivity contribution < 1.29 is 4.84 Å². The zero-order valence-corrected chi connectivity index (χ0v) is 15.3. The fourth-order valence-electron chi connectivity index (χ4n) is 3.51. The Hall–Kier alpha value is -3.39. The molecule has 0 radical (unpaired) electrons. The second kappa shape index (κ2) is 7.88. The average molecular weight is 351 g/mol. The molecule has 132 valence electrons. The van der Waals surface area contributed by atoms with Crippen LogP contribution in [0.25, 0.3) is 21.9 Å². The van der Waals surface area contributed by atoms with Crippen LogP contribution in [0.1, 0.15) is 11.1 Å². The van der Waals surface area contributed by atoms with Crippen molar-refractivity contribution in [2.75, 3.05) is 7.11 Å². The minimum atomic E-state index is 0.719. The summed E-state index contributed by atoms with van der Waals surface area (Å²) in [5, 5.41) is 6.85. The number of fused-ring (bicyclic) bond motifs is 1. The Kier molecular flexibility index (Phi) is 4.97. The second-order valence-electron chi connectivity index (χ2n) is 6.46. The average Bonchev–Trinajstić information content (AvgIpc) is 2.74. The largest absolute Gasteiger partial charge is 0.399 e. The number of rotatable bonds is 5. The van der Waals surface area contributed by atoms with Crippen LogP contribution in [-0.2, 0) is 11.3 Å². The van der Waals surface area contributed by atoms with Gasteiger partial charge in [0.15, 0.2) is 0 Å². The van der Waals surface area contributed by atoms with Crippen molar-refractivity contribution in [3.05, 3.63) is 108 Å². The third-order valence-corrected chi connectivity index (χ3v) is 4.73. The molecule has 4 aromatic carbocycles. The van der Waals surface area contributed by atoms with Crippen LogP contribution in [0.3, 0.4) is 0 Å². The van der Waals surface area contributed by atoms with Gasteiger partial charge in [0, 0.05) is 12.0 Å². The highest BCUT2D eigenvalue weighted by Gasteiger charge is 2.14. The molecule has 0 spiro atoms. The minimum absolute atomic E-state index is 0.719. The van der Waals surface area contributed by atoms with Crippen molar-refractivity contribution >= 4 is 16.5 Å². The van der Waals surface area contributed by atoms with Gasteiger partial charge in [-0.05, 0) is 27.5 Å². The smallest absolute Gasteiger partial charge is 0.106 e. The maximum atomic E-state index is 5.20. The highest BCUT2D eigenvalue weighted by Crippen LogP contribution is 2.31. The molecule has 0 aliphatic rings. The van der Waals surface area contributed by atoms with Crippen LogP contribution >= 0.6 is 0 Å².